The van der Waals surface area contributed by atoms with E-state index in [1.165, 1.54) is 4.31 Å². The highest BCUT2D eigenvalue weighted by Gasteiger charge is 2.32. The van der Waals surface area contributed by atoms with E-state index in [9.17, 15) is 13.2 Å². The Morgan fingerprint density at radius 1 is 1.10 bits per heavy atom. The number of amides is 1. The molecule has 1 aliphatic rings. The van der Waals surface area contributed by atoms with Crippen LogP contribution in [0.15, 0.2) is 47.4 Å². The first kappa shape index (κ1) is 22.3. The minimum atomic E-state index is -3.57. The third-order valence-corrected chi connectivity index (χ3v) is 7.69. The summed E-state index contributed by atoms with van der Waals surface area (Å²) in [6, 6.07) is 12.5. The van der Waals surface area contributed by atoms with Gasteiger partial charge in [-0.3, -0.25) is 4.79 Å². The van der Waals surface area contributed by atoms with E-state index in [0.717, 1.165) is 16.7 Å². The Labute approximate surface area is 179 Å². The molecule has 0 aliphatic carbocycles. The fraction of sp³-hybridized carbons (Fsp3) is 0.435. The number of nitrogens with zero attached hydrogens (tertiary/aromatic N) is 1. The molecule has 1 aliphatic heterocycles. The highest BCUT2D eigenvalue weighted by Crippen LogP contribution is 2.26. The fourth-order valence-electron chi connectivity index (χ4n) is 3.89. The lowest BCUT2D eigenvalue weighted by Gasteiger charge is -2.31. The predicted octanol–water partition coefficient (Wildman–Crippen LogP) is 3.59. The molecule has 1 N–H and O–H groups in total. The number of carbonyl (C=O) groups excluding carboxylic acids is 1. The van der Waals surface area contributed by atoms with Crippen LogP contribution in [0.4, 0.5) is 0 Å². The van der Waals surface area contributed by atoms with Crippen LogP contribution in [-0.4, -0.2) is 38.8 Å². The third-order valence-electron chi connectivity index (χ3n) is 5.78. The molecule has 162 valence electrons. The first-order chi connectivity index (χ1) is 14.2. The number of benzene rings is 2. The summed E-state index contributed by atoms with van der Waals surface area (Å²) in [4.78, 5) is 13.0. The number of rotatable bonds is 6. The summed E-state index contributed by atoms with van der Waals surface area (Å²) in [6.07, 6.45) is 1.03. The maximum Gasteiger partial charge on any atom is 0.243 e. The Kier molecular flexibility index (Phi) is 6.83. The summed E-state index contributed by atoms with van der Waals surface area (Å²) in [5, 5.41) is 3.11. The lowest BCUT2D eigenvalue weighted by molar-refractivity contribution is -0.126. The zero-order valence-corrected chi connectivity index (χ0v) is 18.8. The van der Waals surface area contributed by atoms with Gasteiger partial charge in [0.1, 0.15) is 5.75 Å². The molecule has 1 heterocycles. The number of nitrogens with one attached hydrogen (secondary N) is 1. The summed E-state index contributed by atoms with van der Waals surface area (Å²) in [5.41, 5.74) is 3.42. The van der Waals surface area contributed by atoms with Crippen molar-refractivity contribution in [3.05, 3.63) is 59.2 Å². The van der Waals surface area contributed by atoms with Gasteiger partial charge in [-0.1, -0.05) is 23.8 Å². The van der Waals surface area contributed by atoms with Gasteiger partial charge in [-0.25, -0.2) is 8.42 Å². The summed E-state index contributed by atoms with van der Waals surface area (Å²) >= 11 is 0. The molecule has 1 fully saturated rings. The largest absolute Gasteiger partial charge is 0.497 e. The van der Waals surface area contributed by atoms with E-state index < -0.39 is 10.0 Å². The molecular weight excluding hydrogens is 400 g/mol. The van der Waals surface area contributed by atoms with Gasteiger partial charge in [0.25, 0.3) is 0 Å². The van der Waals surface area contributed by atoms with Gasteiger partial charge in [0.2, 0.25) is 15.9 Å². The molecule has 0 aromatic heterocycles. The van der Waals surface area contributed by atoms with Gasteiger partial charge in [-0.15, -0.1) is 0 Å². The summed E-state index contributed by atoms with van der Waals surface area (Å²) in [7, 11) is -2.02. The van der Waals surface area contributed by atoms with E-state index in [0.29, 0.717) is 31.7 Å². The molecule has 3 rings (SSSR count). The van der Waals surface area contributed by atoms with Crippen molar-refractivity contribution < 1.29 is 17.9 Å². The van der Waals surface area contributed by atoms with Crippen molar-refractivity contribution in [3.8, 4) is 5.75 Å². The second-order valence-corrected chi connectivity index (χ2v) is 9.88. The average Bonchev–Trinajstić information content (AvgIpc) is 2.75. The number of carbonyl (C=O) groups is 1. The van der Waals surface area contributed by atoms with Gasteiger partial charge in [0.05, 0.1) is 18.0 Å². The van der Waals surface area contributed by atoms with Crippen molar-refractivity contribution in [3.63, 3.8) is 0 Å². The zero-order chi connectivity index (χ0) is 21.9. The van der Waals surface area contributed by atoms with E-state index in [1.807, 2.05) is 20.8 Å². The molecule has 0 unspecified atom stereocenters. The van der Waals surface area contributed by atoms with E-state index in [1.54, 1.807) is 31.4 Å². The summed E-state index contributed by atoms with van der Waals surface area (Å²) in [5.74, 6) is 0.423. The van der Waals surface area contributed by atoms with Gasteiger partial charge in [-0.2, -0.15) is 4.31 Å². The molecular formula is C23H30N2O4S. The van der Waals surface area contributed by atoms with Crippen molar-refractivity contribution in [2.45, 2.75) is 44.6 Å². The van der Waals surface area contributed by atoms with Crippen molar-refractivity contribution >= 4 is 15.9 Å². The smallest absolute Gasteiger partial charge is 0.243 e. The van der Waals surface area contributed by atoms with Crippen molar-refractivity contribution in [2.24, 2.45) is 5.92 Å². The van der Waals surface area contributed by atoms with E-state index in [2.05, 4.69) is 23.5 Å². The second kappa shape index (κ2) is 9.18. The lowest BCUT2D eigenvalue weighted by atomic mass is 9.95. The molecule has 0 spiro atoms. The zero-order valence-electron chi connectivity index (χ0n) is 18.0. The van der Waals surface area contributed by atoms with Crippen LogP contribution in [0.5, 0.6) is 5.75 Å². The van der Waals surface area contributed by atoms with Gasteiger partial charge in [0, 0.05) is 19.0 Å². The topological polar surface area (TPSA) is 75.7 Å². The van der Waals surface area contributed by atoms with Crippen LogP contribution in [0, 0.1) is 19.8 Å². The van der Waals surface area contributed by atoms with Crippen LogP contribution in [0.3, 0.4) is 0 Å². The standard InChI is InChI=1S/C23H30N2O4S/c1-16-5-6-17(2)22(15-16)18(3)24-23(26)19-11-13-25(14-12-19)30(27,28)21-9-7-20(29-4)8-10-21/h5-10,15,18-19H,11-14H2,1-4H3,(H,24,26)/t18-/m1/s1. The second-order valence-electron chi connectivity index (χ2n) is 7.94. The maximum atomic E-state index is 12.9. The van der Waals surface area contributed by atoms with Crippen LogP contribution in [-0.2, 0) is 14.8 Å². The number of ether oxygens (including phenoxy) is 1. The van der Waals surface area contributed by atoms with Crippen molar-refractivity contribution in [1.82, 2.24) is 9.62 Å². The van der Waals surface area contributed by atoms with Crippen LogP contribution >= 0.6 is 0 Å². The molecule has 2 aromatic carbocycles. The Hall–Kier alpha value is -2.38. The monoisotopic (exact) mass is 430 g/mol. The Morgan fingerprint density at radius 3 is 2.33 bits per heavy atom. The van der Waals surface area contributed by atoms with E-state index in [4.69, 9.17) is 4.74 Å². The first-order valence-electron chi connectivity index (χ1n) is 10.2. The summed E-state index contributed by atoms with van der Waals surface area (Å²) < 4.78 is 32.3. The molecule has 1 saturated heterocycles. The van der Waals surface area contributed by atoms with Crippen LogP contribution in [0.2, 0.25) is 0 Å². The molecule has 6 nitrogen and oxygen atoms in total. The van der Waals surface area contributed by atoms with Gasteiger partial charge < -0.3 is 10.1 Å². The normalized spacial score (nSPS) is 16.8. The van der Waals surface area contributed by atoms with Crippen molar-refractivity contribution in [2.75, 3.05) is 20.2 Å². The molecule has 0 bridgehead atoms. The van der Waals surface area contributed by atoms with Crippen LogP contribution < -0.4 is 10.1 Å². The quantitative estimate of drug-likeness (QED) is 0.760. The Balaban J connectivity index is 1.60. The maximum absolute atomic E-state index is 12.9. The van der Waals surface area contributed by atoms with Crippen LogP contribution in [0.1, 0.15) is 42.5 Å². The first-order valence-corrected chi connectivity index (χ1v) is 11.7. The summed E-state index contributed by atoms with van der Waals surface area (Å²) in [6.45, 7) is 6.74. The minimum Gasteiger partial charge on any atom is -0.497 e. The van der Waals surface area contributed by atoms with Crippen LogP contribution in [0.25, 0.3) is 0 Å². The van der Waals surface area contributed by atoms with Crippen molar-refractivity contribution in [1.29, 1.82) is 0 Å². The number of hydrogen-bond acceptors (Lipinski definition) is 4. The fourth-order valence-corrected chi connectivity index (χ4v) is 5.36. The van der Waals surface area contributed by atoms with Gasteiger partial charge in [-0.05, 0) is 69.0 Å². The number of aryl methyl sites for hydroxylation is 2. The number of hydrogen-bond donors (Lipinski definition) is 1. The predicted molar refractivity (Wildman–Crippen MR) is 117 cm³/mol. The Morgan fingerprint density at radius 2 is 1.73 bits per heavy atom. The average molecular weight is 431 g/mol. The van der Waals surface area contributed by atoms with Gasteiger partial charge in [0.15, 0.2) is 0 Å². The number of piperidine rings is 1. The highest BCUT2D eigenvalue weighted by molar-refractivity contribution is 7.89. The molecule has 0 saturated carbocycles. The molecule has 1 amide bonds. The number of methoxy groups -OCH3 is 1. The van der Waals surface area contributed by atoms with E-state index >= 15 is 0 Å². The molecule has 1 atom stereocenters. The SMILES string of the molecule is COc1ccc(S(=O)(=O)N2CCC(C(=O)N[C@H](C)c3cc(C)ccc3C)CC2)cc1. The molecule has 7 heteroatoms. The molecule has 0 radical (unpaired) electrons. The van der Waals surface area contributed by atoms with E-state index in [-0.39, 0.29) is 22.8 Å². The molecule has 30 heavy (non-hydrogen) atoms. The number of sulfonamides is 1. The van der Waals surface area contributed by atoms with Gasteiger partial charge >= 0.3 is 0 Å². The highest BCUT2D eigenvalue weighted by atomic mass is 32.2. The molecule has 2 aromatic rings. The lowest BCUT2D eigenvalue weighted by Crippen LogP contribution is -2.43. The minimum absolute atomic E-state index is 0.00935. The third kappa shape index (κ3) is 4.84. The Bertz CT molecular complexity index is 994.